The highest BCUT2D eigenvalue weighted by Crippen LogP contribution is 2.33. The molecule has 128 valence electrons. The van der Waals surface area contributed by atoms with E-state index in [2.05, 4.69) is 27.8 Å². The fourth-order valence-electron chi connectivity index (χ4n) is 2.99. The number of hydrogen-bond donors (Lipinski definition) is 2. The van der Waals surface area contributed by atoms with Gasteiger partial charge in [0.1, 0.15) is 4.88 Å². The first-order chi connectivity index (χ1) is 11.8. The van der Waals surface area contributed by atoms with Crippen molar-refractivity contribution in [3.05, 3.63) is 47.0 Å². The number of rotatable bonds is 6. The Balaban J connectivity index is 1.60. The van der Waals surface area contributed by atoms with Crippen molar-refractivity contribution in [1.82, 2.24) is 10.3 Å². The van der Waals surface area contributed by atoms with E-state index in [4.69, 9.17) is 4.74 Å². The third-order valence-electron chi connectivity index (χ3n) is 4.16. The monoisotopic (exact) mass is 345 g/mol. The molecule has 0 saturated carbocycles. The van der Waals surface area contributed by atoms with Crippen LogP contribution < -0.4 is 10.6 Å². The average molecular weight is 345 g/mol. The lowest BCUT2D eigenvalue weighted by Gasteiger charge is -2.32. The average Bonchev–Trinajstić information content (AvgIpc) is 3.10. The fourth-order valence-corrected chi connectivity index (χ4v) is 3.79. The van der Waals surface area contributed by atoms with E-state index in [9.17, 15) is 4.79 Å². The van der Waals surface area contributed by atoms with Gasteiger partial charge in [-0.2, -0.15) is 0 Å². The Bertz CT molecular complexity index is 659. The summed E-state index contributed by atoms with van der Waals surface area (Å²) in [5.74, 6) is 0.236. The summed E-state index contributed by atoms with van der Waals surface area (Å²) < 4.78 is 5.98. The highest BCUT2D eigenvalue weighted by atomic mass is 32.1. The third kappa shape index (κ3) is 4.13. The fraction of sp³-hybridized carbons (Fsp3) is 0.444. The van der Waals surface area contributed by atoms with Gasteiger partial charge in [0.2, 0.25) is 0 Å². The van der Waals surface area contributed by atoms with Gasteiger partial charge in [-0.1, -0.05) is 41.7 Å². The molecule has 0 bridgehead atoms. The zero-order valence-electron chi connectivity index (χ0n) is 13.8. The number of hydrogen-bond acceptors (Lipinski definition) is 5. The van der Waals surface area contributed by atoms with Gasteiger partial charge in [0, 0.05) is 25.6 Å². The molecule has 2 heterocycles. The molecular weight excluding hydrogens is 322 g/mol. The maximum Gasteiger partial charge on any atom is 0.263 e. The molecule has 6 heteroatoms. The first-order valence-corrected chi connectivity index (χ1v) is 9.24. The Morgan fingerprint density at radius 3 is 3.00 bits per heavy atom. The molecule has 0 spiro atoms. The molecule has 1 fully saturated rings. The Kier molecular flexibility index (Phi) is 5.82. The van der Waals surface area contributed by atoms with Crippen LogP contribution in [0.4, 0.5) is 5.13 Å². The molecule has 2 unspecified atom stereocenters. The largest absolute Gasteiger partial charge is 0.373 e. The van der Waals surface area contributed by atoms with Crippen LogP contribution in [0.3, 0.4) is 0 Å². The van der Waals surface area contributed by atoms with Crippen molar-refractivity contribution in [2.45, 2.75) is 25.9 Å². The van der Waals surface area contributed by atoms with E-state index in [0.29, 0.717) is 17.3 Å². The highest BCUT2D eigenvalue weighted by molar-refractivity contribution is 7.17. The number of thiazole rings is 1. The molecular formula is C18H23N3O2S. The molecule has 1 aliphatic rings. The van der Waals surface area contributed by atoms with Crippen LogP contribution in [-0.2, 0) is 4.74 Å². The molecule has 2 N–H and O–H groups in total. The summed E-state index contributed by atoms with van der Waals surface area (Å²) >= 11 is 1.38. The molecule has 3 rings (SSSR count). The van der Waals surface area contributed by atoms with E-state index in [-0.39, 0.29) is 12.0 Å². The lowest BCUT2D eigenvalue weighted by atomic mass is 9.89. The van der Waals surface area contributed by atoms with Crippen LogP contribution >= 0.6 is 11.3 Å². The SMILES string of the molecule is CCNc1ncc(C(=O)NCC2CCCOC2c2ccccc2)s1. The Morgan fingerprint density at radius 1 is 1.38 bits per heavy atom. The molecule has 0 aliphatic carbocycles. The van der Waals surface area contributed by atoms with Gasteiger partial charge in [-0.05, 0) is 25.3 Å². The minimum atomic E-state index is -0.0611. The van der Waals surface area contributed by atoms with E-state index in [1.165, 1.54) is 16.9 Å². The number of benzene rings is 1. The lowest BCUT2D eigenvalue weighted by Crippen LogP contribution is -2.34. The van der Waals surface area contributed by atoms with Crippen LogP contribution in [0.1, 0.15) is 41.1 Å². The van der Waals surface area contributed by atoms with Gasteiger partial charge in [-0.3, -0.25) is 4.79 Å². The second kappa shape index (κ2) is 8.26. The number of amides is 1. The second-order valence-electron chi connectivity index (χ2n) is 5.87. The topological polar surface area (TPSA) is 63.2 Å². The summed E-state index contributed by atoms with van der Waals surface area (Å²) in [7, 11) is 0. The minimum absolute atomic E-state index is 0.0547. The third-order valence-corrected chi connectivity index (χ3v) is 5.11. The maximum absolute atomic E-state index is 12.3. The van der Waals surface area contributed by atoms with Crippen molar-refractivity contribution in [2.75, 3.05) is 25.0 Å². The van der Waals surface area contributed by atoms with Crippen LogP contribution in [0.5, 0.6) is 0 Å². The van der Waals surface area contributed by atoms with Crippen molar-refractivity contribution in [1.29, 1.82) is 0 Å². The minimum Gasteiger partial charge on any atom is -0.373 e. The molecule has 2 aromatic rings. The Hall–Kier alpha value is -1.92. The van der Waals surface area contributed by atoms with E-state index in [1.54, 1.807) is 6.20 Å². The summed E-state index contributed by atoms with van der Waals surface area (Å²) in [6, 6.07) is 10.3. The van der Waals surface area contributed by atoms with E-state index >= 15 is 0 Å². The van der Waals surface area contributed by atoms with Crippen LogP contribution in [0.25, 0.3) is 0 Å². The van der Waals surface area contributed by atoms with Crippen LogP contribution in [0.2, 0.25) is 0 Å². The number of nitrogens with zero attached hydrogens (tertiary/aromatic N) is 1. The normalized spacial score (nSPS) is 20.5. The van der Waals surface area contributed by atoms with Gasteiger partial charge >= 0.3 is 0 Å². The van der Waals surface area contributed by atoms with Gasteiger partial charge in [0.15, 0.2) is 5.13 Å². The van der Waals surface area contributed by atoms with Crippen LogP contribution in [0, 0.1) is 5.92 Å². The van der Waals surface area contributed by atoms with Crippen molar-refractivity contribution >= 4 is 22.4 Å². The van der Waals surface area contributed by atoms with Gasteiger partial charge < -0.3 is 15.4 Å². The van der Waals surface area contributed by atoms with Gasteiger partial charge in [-0.25, -0.2) is 4.98 Å². The molecule has 1 saturated heterocycles. The molecule has 0 radical (unpaired) electrons. The molecule has 2 atom stereocenters. The molecule has 5 nitrogen and oxygen atoms in total. The zero-order chi connectivity index (χ0) is 16.8. The Morgan fingerprint density at radius 2 is 2.21 bits per heavy atom. The van der Waals surface area contributed by atoms with Gasteiger partial charge in [0.05, 0.1) is 12.3 Å². The van der Waals surface area contributed by atoms with Gasteiger partial charge in [-0.15, -0.1) is 0 Å². The van der Waals surface area contributed by atoms with E-state index < -0.39 is 0 Å². The van der Waals surface area contributed by atoms with Crippen molar-refractivity contribution < 1.29 is 9.53 Å². The number of carbonyl (C=O) groups excluding carboxylic acids is 1. The predicted molar refractivity (Wildman–Crippen MR) is 96.5 cm³/mol. The predicted octanol–water partition coefficient (Wildman–Crippen LogP) is 3.47. The van der Waals surface area contributed by atoms with E-state index in [0.717, 1.165) is 31.1 Å². The molecule has 24 heavy (non-hydrogen) atoms. The number of anilines is 1. The van der Waals surface area contributed by atoms with Crippen molar-refractivity contribution in [3.63, 3.8) is 0 Å². The second-order valence-corrected chi connectivity index (χ2v) is 6.91. The quantitative estimate of drug-likeness (QED) is 0.841. The number of nitrogens with one attached hydrogen (secondary N) is 2. The standard InChI is InChI=1S/C18H23N3O2S/c1-2-19-18-21-12-15(24-18)17(22)20-11-14-9-6-10-23-16(14)13-7-4-3-5-8-13/h3-5,7-8,12,14,16H,2,6,9-11H2,1H3,(H,19,21)(H,20,22). The molecule has 1 amide bonds. The number of aromatic nitrogens is 1. The molecule has 1 aliphatic heterocycles. The maximum atomic E-state index is 12.3. The van der Waals surface area contributed by atoms with Crippen molar-refractivity contribution in [3.8, 4) is 0 Å². The summed E-state index contributed by atoms with van der Waals surface area (Å²) in [6.07, 6.45) is 3.78. The first kappa shape index (κ1) is 16.9. The van der Waals surface area contributed by atoms with Crippen LogP contribution in [0.15, 0.2) is 36.5 Å². The van der Waals surface area contributed by atoms with Gasteiger partial charge in [0.25, 0.3) is 5.91 Å². The Labute approximate surface area is 146 Å². The summed E-state index contributed by atoms with van der Waals surface area (Å²) in [6.45, 7) is 4.21. The van der Waals surface area contributed by atoms with E-state index in [1.807, 2.05) is 25.1 Å². The highest BCUT2D eigenvalue weighted by Gasteiger charge is 2.27. The smallest absolute Gasteiger partial charge is 0.263 e. The number of ether oxygens (including phenoxy) is 1. The molecule has 1 aromatic heterocycles. The first-order valence-electron chi connectivity index (χ1n) is 8.42. The zero-order valence-corrected chi connectivity index (χ0v) is 14.6. The summed E-state index contributed by atoms with van der Waals surface area (Å²) in [4.78, 5) is 17.2. The molecule has 1 aromatic carbocycles. The summed E-state index contributed by atoms with van der Waals surface area (Å²) in [5, 5.41) is 6.95. The van der Waals surface area contributed by atoms with Crippen LogP contribution in [-0.4, -0.2) is 30.6 Å². The lowest BCUT2D eigenvalue weighted by molar-refractivity contribution is -0.0272. The van der Waals surface area contributed by atoms with Crippen molar-refractivity contribution in [2.24, 2.45) is 5.92 Å². The number of carbonyl (C=O) groups is 1. The summed E-state index contributed by atoms with van der Waals surface area (Å²) in [5.41, 5.74) is 1.18.